The molecule has 6 nitrogen and oxygen atoms in total. The Kier molecular flexibility index (Phi) is 7.38. The minimum Gasteiger partial charge on any atom is -0.492 e. The fourth-order valence-electron chi connectivity index (χ4n) is 3.02. The van der Waals surface area contributed by atoms with Gasteiger partial charge in [-0.05, 0) is 49.3 Å². The lowest BCUT2D eigenvalue weighted by Gasteiger charge is -2.13. The second kappa shape index (κ2) is 10.2. The lowest BCUT2D eigenvalue weighted by atomic mass is 10.1. The first-order valence-electron chi connectivity index (χ1n) is 9.64. The van der Waals surface area contributed by atoms with Crippen molar-refractivity contribution in [2.75, 3.05) is 11.9 Å². The summed E-state index contributed by atoms with van der Waals surface area (Å²) in [5.74, 6) is -0.478. The Morgan fingerprint density at radius 2 is 1.74 bits per heavy atom. The van der Waals surface area contributed by atoms with Crippen LogP contribution in [0.3, 0.4) is 0 Å². The van der Waals surface area contributed by atoms with Gasteiger partial charge in [-0.15, -0.1) is 11.3 Å². The highest BCUT2D eigenvalue weighted by Gasteiger charge is 2.19. The summed E-state index contributed by atoms with van der Waals surface area (Å²) in [6.07, 6.45) is 0.726. The van der Waals surface area contributed by atoms with Gasteiger partial charge in [0.05, 0.1) is 17.7 Å². The van der Waals surface area contributed by atoms with Crippen molar-refractivity contribution in [3.63, 3.8) is 0 Å². The smallest absolute Gasteiger partial charge is 0.261 e. The highest BCUT2D eigenvalue weighted by Crippen LogP contribution is 2.32. The molecule has 8 heteroatoms. The third-order valence-corrected chi connectivity index (χ3v) is 6.04. The van der Waals surface area contributed by atoms with Crippen LogP contribution in [0.5, 0.6) is 5.75 Å². The zero-order valence-electron chi connectivity index (χ0n) is 17.2. The molecule has 2 amide bonds. The van der Waals surface area contributed by atoms with Crippen molar-refractivity contribution in [2.24, 2.45) is 5.73 Å². The first-order chi connectivity index (χ1) is 14.9. The first-order valence-corrected chi connectivity index (χ1v) is 10.9. The summed E-state index contributed by atoms with van der Waals surface area (Å²) in [5.41, 5.74) is 8.18. The molecule has 3 aromatic rings. The molecule has 0 radical (unpaired) electrons. The molecule has 0 saturated carbocycles. The van der Waals surface area contributed by atoms with Crippen LogP contribution in [0.2, 0.25) is 0 Å². The van der Waals surface area contributed by atoms with Gasteiger partial charge in [-0.25, -0.2) is 0 Å². The van der Waals surface area contributed by atoms with Gasteiger partial charge in [0.15, 0.2) is 5.11 Å². The Labute approximate surface area is 190 Å². The number of para-hydroxylation sites is 1. The molecular formula is C23H23N3O3S2. The highest BCUT2D eigenvalue weighted by atomic mass is 32.1. The number of aryl methyl sites for hydroxylation is 1. The molecule has 2 aromatic carbocycles. The van der Waals surface area contributed by atoms with E-state index in [1.807, 2.05) is 50.2 Å². The Bertz CT molecular complexity index is 1110. The molecule has 0 aliphatic carbocycles. The van der Waals surface area contributed by atoms with E-state index in [1.165, 1.54) is 11.3 Å². The van der Waals surface area contributed by atoms with Gasteiger partial charge < -0.3 is 15.8 Å². The number of ether oxygens (including phenoxy) is 1. The number of nitrogens with two attached hydrogens (primary N) is 1. The van der Waals surface area contributed by atoms with Crippen LogP contribution >= 0.6 is 23.6 Å². The van der Waals surface area contributed by atoms with E-state index in [4.69, 9.17) is 22.7 Å². The number of carbonyl (C=O) groups is 2. The molecule has 0 aliphatic rings. The van der Waals surface area contributed by atoms with Gasteiger partial charge in [0.1, 0.15) is 10.8 Å². The third kappa shape index (κ3) is 5.68. The lowest BCUT2D eigenvalue weighted by molar-refractivity contribution is 0.0971. The van der Waals surface area contributed by atoms with Crippen molar-refractivity contribution in [1.29, 1.82) is 0 Å². The number of anilines is 1. The number of carbonyl (C=O) groups excluding carboxylic acids is 2. The molecular weight excluding hydrogens is 430 g/mol. The van der Waals surface area contributed by atoms with Crippen LogP contribution in [0.25, 0.3) is 0 Å². The molecule has 4 N–H and O–H groups in total. The standard InChI is InChI=1S/C23H23N3O3S2/c1-14-15(2)31-22(19(14)20(24)27)26-23(30)25-21(28)17-10-6-7-11-18(17)29-13-12-16-8-4-3-5-9-16/h3-11H,12-13H2,1-2H3,(H2,24,27)(H2,25,26,28,30). The minimum atomic E-state index is -0.546. The maximum Gasteiger partial charge on any atom is 0.261 e. The summed E-state index contributed by atoms with van der Waals surface area (Å²) in [6.45, 7) is 4.15. The monoisotopic (exact) mass is 453 g/mol. The largest absolute Gasteiger partial charge is 0.492 e. The number of hydrogen-bond acceptors (Lipinski definition) is 5. The number of benzene rings is 2. The summed E-state index contributed by atoms with van der Waals surface area (Å²) in [6, 6.07) is 17.0. The van der Waals surface area contributed by atoms with Gasteiger partial charge in [0, 0.05) is 11.3 Å². The van der Waals surface area contributed by atoms with Crippen LogP contribution in [0.15, 0.2) is 54.6 Å². The normalized spacial score (nSPS) is 10.4. The summed E-state index contributed by atoms with van der Waals surface area (Å²) in [4.78, 5) is 25.5. The van der Waals surface area contributed by atoms with E-state index >= 15 is 0 Å². The number of thiophene rings is 1. The van der Waals surface area contributed by atoms with E-state index in [0.717, 1.165) is 22.4 Å². The van der Waals surface area contributed by atoms with Crippen LogP contribution in [-0.2, 0) is 6.42 Å². The van der Waals surface area contributed by atoms with Gasteiger partial charge in [-0.3, -0.25) is 14.9 Å². The summed E-state index contributed by atoms with van der Waals surface area (Å²) >= 11 is 6.63. The molecule has 0 bridgehead atoms. The second-order valence-corrected chi connectivity index (χ2v) is 8.47. The predicted molar refractivity (Wildman–Crippen MR) is 128 cm³/mol. The minimum absolute atomic E-state index is 0.0767. The molecule has 31 heavy (non-hydrogen) atoms. The molecule has 0 atom stereocenters. The third-order valence-electron chi connectivity index (χ3n) is 4.71. The Hall–Kier alpha value is -3.23. The van der Waals surface area contributed by atoms with E-state index < -0.39 is 11.8 Å². The molecule has 1 aromatic heterocycles. The second-order valence-electron chi connectivity index (χ2n) is 6.84. The molecule has 0 spiro atoms. The van der Waals surface area contributed by atoms with Crippen LogP contribution in [0, 0.1) is 13.8 Å². The van der Waals surface area contributed by atoms with Gasteiger partial charge in [0.2, 0.25) is 0 Å². The topological polar surface area (TPSA) is 93.4 Å². The van der Waals surface area contributed by atoms with Crippen LogP contribution < -0.4 is 21.1 Å². The fraction of sp³-hybridized carbons (Fsp3) is 0.174. The first kappa shape index (κ1) is 22.5. The molecule has 1 heterocycles. The lowest BCUT2D eigenvalue weighted by Crippen LogP contribution is -2.34. The molecule has 3 rings (SSSR count). The quantitative estimate of drug-likeness (QED) is 0.466. The maximum atomic E-state index is 12.8. The van der Waals surface area contributed by atoms with E-state index in [1.54, 1.807) is 18.2 Å². The van der Waals surface area contributed by atoms with Crippen molar-refractivity contribution >= 4 is 45.5 Å². The number of hydrogen-bond donors (Lipinski definition) is 3. The highest BCUT2D eigenvalue weighted by molar-refractivity contribution is 7.80. The van der Waals surface area contributed by atoms with Crippen molar-refractivity contribution < 1.29 is 14.3 Å². The Balaban J connectivity index is 1.65. The zero-order valence-corrected chi connectivity index (χ0v) is 18.9. The number of thiocarbonyl (C=S) groups is 1. The number of rotatable bonds is 7. The summed E-state index contributed by atoms with van der Waals surface area (Å²) < 4.78 is 5.85. The number of primary amides is 1. The van der Waals surface area contributed by atoms with Crippen LogP contribution in [0.1, 0.15) is 36.7 Å². The summed E-state index contributed by atoms with van der Waals surface area (Å²) in [7, 11) is 0. The van der Waals surface area contributed by atoms with E-state index in [-0.39, 0.29) is 5.11 Å². The number of amides is 2. The summed E-state index contributed by atoms with van der Waals surface area (Å²) in [5, 5.41) is 6.15. The van der Waals surface area contributed by atoms with E-state index in [2.05, 4.69) is 10.6 Å². The van der Waals surface area contributed by atoms with Crippen molar-refractivity contribution in [3.05, 3.63) is 81.7 Å². The van der Waals surface area contributed by atoms with Crippen molar-refractivity contribution in [3.8, 4) is 5.75 Å². The van der Waals surface area contributed by atoms with E-state index in [0.29, 0.717) is 28.5 Å². The molecule has 160 valence electrons. The molecule has 0 aliphatic heterocycles. The Morgan fingerprint density at radius 1 is 1.06 bits per heavy atom. The van der Waals surface area contributed by atoms with E-state index in [9.17, 15) is 9.59 Å². The average molecular weight is 454 g/mol. The fourth-order valence-corrected chi connectivity index (χ4v) is 4.35. The average Bonchev–Trinajstić information content (AvgIpc) is 3.02. The van der Waals surface area contributed by atoms with Crippen molar-refractivity contribution in [2.45, 2.75) is 20.3 Å². The molecule has 0 fully saturated rings. The van der Waals surface area contributed by atoms with Crippen molar-refractivity contribution in [1.82, 2.24) is 5.32 Å². The molecule has 0 unspecified atom stereocenters. The zero-order chi connectivity index (χ0) is 22.4. The Morgan fingerprint density at radius 3 is 2.45 bits per heavy atom. The maximum absolute atomic E-state index is 12.8. The van der Waals surface area contributed by atoms with Gasteiger partial charge in [0.25, 0.3) is 11.8 Å². The SMILES string of the molecule is Cc1sc(NC(=S)NC(=O)c2ccccc2OCCc2ccccc2)c(C(N)=O)c1C. The van der Waals surface area contributed by atoms with Gasteiger partial charge >= 0.3 is 0 Å². The van der Waals surface area contributed by atoms with Gasteiger partial charge in [-0.2, -0.15) is 0 Å². The predicted octanol–water partition coefficient (Wildman–Crippen LogP) is 4.21. The van der Waals surface area contributed by atoms with Gasteiger partial charge in [-0.1, -0.05) is 42.5 Å². The van der Waals surface area contributed by atoms with Crippen LogP contribution in [0.4, 0.5) is 5.00 Å². The number of nitrogens with one attached hydrogen (secondary N) is 2. The van der Waals surface area contributed by atoms with Crippen LogP contribution in [-0.4, -0.2) is 23.5 Å². The molecule has 0 saturated heterocycles.